The van der Waals surface area contributed by atoms with Crippen molar-refractivity contribution >= 4 is 5.69 Å². The molecule has 2 heterocycles. The maximum Gasteiger partial charge on any atom is 0.268 e. The first kappa shape index (κ1) is 17.8. The molecule has 1 aliphatic rings. The molecule has 0 saturated carbocycles. The van der Waals surface area contributed by atoms with Crippen LogP contribution in [-0.2, 0) is 6.54 Å². The first-order valence-corrected chi connectivity index (χ1v) is 8.61. The number of anilines is 1. The highest BCUT2D eigenvalue weighted by atomic mass is 16.5. The van der Waals surface area contributed by atoms with Crippen LogP contribution in [0.3, 0.4) is 0 Å². The van der Waals surface area contributed by atoms with Gasteiger partial charge in [0.25, 0.3) is 5.56 Å². The van der Waals surface area contributed by atoms with E-state index in [0.29, 0.717) is 17.7 Å². The Morgan fingerprint density at radius 1 is 1.31 bits per heavy atom. The van der Waals surface area contributed by atoms with E-state index in [1.54, 1.807) is 14.0 Å². The van der Waals surface area contributed by atoms with Crippen molar-refractivity contribution in [1.82, 2.24) is 4.98 Å². The number of nitriles is 1. The molecular formula is C19H23N4O3+. The summed E-state index contributed by atoms with van der Waals surface area (Å²) in [7, 11) is 1.66. The average molecular weight is 355 g/mol. The first-order valence-electron chi connectivity index (χ1n) is 8.61. The summed E-state index contributed by atoms with van der Waals surface area (Å²) < 4.78 is 5.20. The maximum atomic E-state index is 11.7. The topological polar surface area (TPSA) is 93.8 Å². The van der Waals surface area contributed by atoms with E-state index in [9.17, 15) is 9.90 Å². The van der Waals surface area contributed by atoms with Gasteiger partial charge >= 0.3 is 0 Å². The zero-order valence-electron chi connectivity index (χ0n) is 15.0. The Balaban J connectivity index is 1.68. The predicted molar refractivity (Wildman–Crippen MR) is 97.8 cm³/mol. The number of rotatable bonds is 4. The Labute approximate surface area is 152 Å². The molecule has 1 fully saturated rings. The van der Waals surface area contributed by atoms with Crippen LogP contribution < -0.4 is 20.1 Å². The van der Waals surface area contributed by atoms with Gasteiger partial charge in [-0.3, -0.25) is 9.78 Å². The van der Waals surface area contributed by atoms with E-state index in [4.69, 9.17) is 10.00 Å². The van der Waals surface area contributed by atoms with Crippen molar-refractivity contribution in [3.63, 3.8) is 0 Å². The lowest BCUT2D eigenvalue weighted by Gasteiger charge is -2.34. The average Bonchev–Trinajstić information content (AvgIpc) is 2.66. The summed E-state index contributed by atoms with van der Waals surface area (Å²) in [5, 5.41) is 19.2. The third kappa shape index (κ3) is 3.51. The number of piperazine rings is 1. The zero-order chi connectivity index (χ0) is 18.7. The van der Waals surface area contributed by atoms with Gasteiger partial charge in [0.2, 0.25) is 5.88 Å². The number of nitrogens with zero attached hydrogens (tertiary/aromatic N) is 2. The van der Waals surface area contributed by atoms with Gasteiger partial charge in [0.05, 0.1) is 38.9 Å². The molecule has 1 aromatic carbocycles. The number of ether oxygens (including phenoxy) is 1. The lowest BCUT2D eigenvalue weighted by atomic mass is 10.0. The van der Waals surface area contributed by atoms with Gasteiger partial charge in [0.1, 0.15) is 23.9 Å². The highest BCUT2D eigenvalue weighted by Crippen LogP contribution is 2.20. The molecule has 0 spiro atoms. The molecule has 0 aliphatic carbocycles. The Bertz CT molecular complexity index is 875. The summed E-state index contributed by atoms with van der Waals surface area (Å²) in [6.45, 7) is 5.92. The normalized spacial score (nSPS) is 14.9. The number of benzene rings is 1. The highest BCUT2D eigenvalue weighted by Gasteiger charge is 2.24. The van der Waals surface area contributed by atoms with Crippen LogP contribution in [0.5, 0.6) is 11.6 Å². The van der Waals surface area contributed by atoms with E-state index >= 15 is 0 Å². The first-order chi connectivity index (χ1) is 12.5. The number of H-pyrrole nitrogens is 1. The minimum absolute atomic E-state index is 0.0778. The van der Waals surface area contributed by atoms with Gasteiger partial charge in [-0.05, 0) is 36.8 Å². The van der Waals surface area contributed by atoms with Crippen LogP contribution in [0, 0.1) is 18.3 Å². The molecule has 0 atom stereocenters. The molecule has 0 unspecified atom stereocenters. The van der Waals surface area contributed by atoms with Gasteiger partial charge in [-0.2, -0.15) is 5.26 Å². The van der Waals surface area contributed by atoms with Crippen LogP contribution in [-0.4, -0.2) is 43.4 Å². The molecule has 26 heavy (non-hydrogen) atoms. The molecule has 7 heteroatoms. The quantitative estimate of drug-likeness (QED) is 0.727. The minimum atomic E-state index is -0.537. The van der Waals surface area contributed by atoms with Gasteiger partial charge in [-0.15, -0.1) is 0 Å². The van der Waals surface area contributed by atoms with E-state index in [-0.39, 0.29) is 11.4 Å². The Hall–Kier alpha value is -2.98. The lowest BCUT2D eigenvalue weighted by molar-refractivity contribution is -0.914. The highest BCUT2D eigenvalue weighted by molar-refractivity contribution is 5.49. The lowest BCUT2D eigenvalue weighted by Crippen LogP contribution is -3.13. The van der Waals surface area contributed by atoms with E-state index in [0.717, 1.165) is 31.9 Å². The summed E-state index contributed by atoms with van der Waals surface area (Å²) in [6, 6.07) is 9.95. The van der Waals surface area contributed by atoms with E-state index in [1.165, 1.54) is 10.6 Å². The number of methoxy groups -OCH3 is 1. The molecule has 0 radical (unpaired) electrons. The second-order valence-electron chi connectivity index (χ2n) is 6.50. The second-order valence-corrected chi connectivity index (χ2v) is 6.50. The monoisotopic (exact) mass is 355 g/mol. The van der Waals surface area contributed by atoms with Gasteiger partial charge < -0.3 is 19.6 Å². The van der Waals surface area contributed by atoms with Crippen LogP contribution in [0.25, 0.3) is 0 Å². The van der Waals surface area contributed by atoms with Gasteiger partial charge in [-0.25, -0.2) is 0 Å². The summed E-state index contributed by atoms with van der Waals surface area (Å²) in [6.07, 6.45) is 0. The molecule has 0 amide bonds. The van der Waals surface area contributed by atoms with E-state index in [1.807, 2.05) is 18.2 Å². The number of quaternary nitrogens is 1. The van der Waals surface area contributed by atoms with Crippen molar-refractivity contribution in [3.8, 4) is 17.7 Å². The zero-order valence-corrected chi connectivity index (χ0v) is 15.0. The van der Waals surface area contributed by atoms with Crippen molar-refractivity contribution < 1.29 is 14.7 Å². The molecule has 136 valence electrons. The smallest absolute Gasteiger partial charge is 0.268 e. The molecule has 3 N–H and O–H groups in total. The number of aromatic hydroxyl groups is 1. The largest absolute Gasteiger partial charge is 0.497 e. The van der Waals surface area contributed by atoms with Crippen LogP contribution in [0.15, 0.2) is 29.1 Å². The number of nitrogens with one attached hydrogen (secondary N) is 2. The fourth-order valence-corrected chi connectivity index (χ4v) is 3.40. The SMILES string of the molecule is COc1ccc(N2CC[NH+](Cc3c(O)[nH]c(=O)c(C#N)c3C)CC2)cc1. The fraction of sp³-hybridized carbons (Fsp3) is 0.368. The standard InChI is InChI=1S/C19H22N4O3/c1-13-16(11-20)18(24)21-19(25)17(13)12-22-7-9-23(10-8-22)14-3-5-15(26-2)6-4-14/h3-6H,7-10,12H2,1-2H3,(H2,21,24,25)/p+1. The van der Waals surface area contributed by atoms with Crippen LogP contribution in [0.4, 0.5) is 5.69 Å². The summed E-state index contributed by atoms with van der Waals surface area (Å²) in [5.74, 6) is 0.715. The van der Waals surface area contributed by atoms with Crippen molar-refractivity contribution in [2.45, 2.75) is 13.5 Å². The third-order valence-electron chi connectivity index (χ3n) is 5.02. The van der Waals surface area contributed by atoms with Crippen molar-refractivity contribution in [1.29, 1.82) is 5.26 Å². The second kappa shape index (κ2) is 7.50. The maximum absolute atomic E-state index is 11.7. The van der Waals surface area contributed by atoms with Gasteiger partial charge in [0.15, 0.2) is 0 Å². The van der Waals surface area contributed by atoms with Gasteiger partial charge in [0, 0.05) is 5.69 Å². The summed E-state index contributed by atoms with van der Waals surface area (Å²) >= 11 is 0. The molecule has 0 bridgehead atoms. The Kier molecular flexibility index (Phi) is 5.14. The fourth-order valence-electron chi connectivity index (χ4n) is 3.40. The Morgan fingerprint density at radius 2 is 1.96 bits per heavy atom. The van der Waals surface area contributed by atoms with Crippen molar-refractivity contribution in [2.24, 2.45) is 0 Å². The van der Waals surface area contributed by atoms with Crippen molar-refractivity contribution in [3.05, 3.63) is 51.3 Å². The Morgan fingerprint density at radius 3 is 2.54 bits per heavy atom. The molecule has 1 aliphatic heterocycles. The number of hydrogen-bond acceptors (Lipinski definition) is 5. The molecule has 1 aromatic heterocycles. The molecular weight excluding hydrogens is 332 g/mol. The van der Waals surface area contributed by atoms with E-state index in [2.05, 4.69) is 22.0 Å². The van der Waals surface area contributed by atoms with Crippen LogP contribution >= 0.6 is 0 Å². The third-order valence-corrected chi connectivity index (χ3v) is 5.02. The predicted octanol–water partition coefficient (Wildman–Crippen LogP) is 0.174. The minimum Gasteiger partial charge on any atom is -0.497 e. The molecule has 2 aromatic rings. The molecule has 1 saturated heterocycles. The van der Waals surface area contributed by atoms with Gasteiger partial charge in [-0.1, -0.05) is 0 Å². The molecule has 3 rings (SSSR count). The number of aromatic amines is 1. The van der Waals surface area contributed by atoms with Crippen LogP contribution in [0.1, 0.15) is 16.7 Å². The number of aromatic nitrogens is 1. The number of pyridine rings is 1. The molecule has 7 nitrogen and oxygen atoms in total. The van der Waals surface area contributed by atoms with E-state index < -0.39 is 5.56 Å². The van der Waals surface area contributed by atoms with Crippen molar-refractivity contribution in [2.75, 3.05) is 38.2 Å². The number of hydrogen-bond donors (Lipinski definition) is 3. The summed E-state index contributed by atoms with van der Waals surface area (Å²) in [5.41, 5.74) is 1.92. The van der Waals surface area contributed by atoms with Crippen LogP contribution in [0.2, 0.25) is 0 Å². The summed E-state index contributed by atoms with van der Waals surface area (Å²) in [4.78, 5) is 17.7.